The van der Waals surface area contributed by atoms with Gasteiger partial charge in [-0.05, 0) is 31.2 Å². The highest BCUT2D eigenvalue weighted by atomic mass is 35.5. The summed E-state index contributed by atoms with van der Waals surface area (Å²) in [5.41, 5.74) is 2.71. The highest BCUT2D eigenvalue weighted by molar-refractivity contribution is 6.29. The second kappa shape index (κ2) is 4.76. The number of hydrogen-bond donors (Lipinski definition) is 1. The van der Waals surface area contributed by atoms with Crippen LogP contribution in [0.3, 0.4) is 0 Å². The molecule has 6 heteroatoms. The minimum Gasteiger partial charge on any atom is -0.460 e. The Morgan fingerprint density at radius 3 is 2.81 bits per heavy atom. The van der Waals surface area contributed by atoms with Crippen LogP contribution in [0.4, 0.5) is 5.82 Å². The molecule has 0 aromatic carbocycles. The highest BCUT2D eigenvalue weighted by Gasteiger charge is 1.94. The van der Waals surface area contributed by atoms with Crippen LogP contribution >= 0.6 is 11.6 Å². The van der Waals surface area contributed by atoms with Gasteiger partial charge in [0.1, 0.15) is 11.5 Å². The highest BCUT2D eigenvalue weighted by Crippen LogP contribution is 2.06. The number of anilines is 1. The van der Waals surface area contributed by atoms with Gasteiger partial charge in [0, 0.05) is 0 Å². The summed E-state index contributed by atoms with van der Waals surface area (Å²) in [6, 6.07) is 7.00. The van der Waals surface area contributed by atoms with Crippen molar-refractivity contribution in [3.63, 3.8) is 0 Å². The number of aryl methyl sites for hydroxylation is 1. The minimum atomic E-state index is 0.344. The zero-order chi connectivity index (χ0) is 11.4. The van der Waals surface area contributed by atoms with Crippen molar-refractivity contribution in [3.05, 3.63) is 40.9 Å². The largest absolute Gasteiger partial charge is 0.460 e. The molecule has 2 aromatic rings. The van der Waals surface area contributed by atoms with Crippen molar-refractivity contribution in [2.24, 2.45) is 5.10 Å². The molecule has 5 nitrogen and oxygen atoms in total. The standard InChI is InChI=1S/C10H9ClN4O/c1-7-2-3-8(16-7)6-12-14-10-5-4-9(11)13-15-10/h2-6H,1H3,(H,14,15). The lowest BCUT2D eigenvalue weighted by molar-refractivity contribution is 0.528. The third kappa shape index (κ3) is 2.80. The summed E-state index contributed by atoms with van der Waals surface area (Å²) < 4.78 is 5.29. The molecule has 0 aliphatic rings. The predicted molar refractivity (Wildman–Crippen MR) is 61.7 cm³/mol. The molecule has 2 aromatic heterocycles. The van der Waals surface area contributed by atoms with Gasteiger partial charge in [-0.2, -0.15) is 5.10 Å². The normalized spacial score (nSPS) is 10.9. The number of hydrogen-bond acceptors (Lipinski definition) is 5. The van der Waals surface area contributed by atoms with Crippen LogP contribution in [0.5, 0.6) is 0 Å². The van der Waals surface area contributed by atoms with Crippen molar-refractivity contribution in [1.82, 2.24) is 10.2 Å². The van der Waals surface area contributed by atoms with E-state index in [0.717, 1.165) is 5.76 Å². The molecule has 0 amide bonds. The monoisotopic (exact) mass is 236 g/mol. The second-order valence-electron chi connectivity index (χ2n) is 3.06. The molecular formula is C10H9ClN4O. The molecule has 0 saturated carbocycles. The van der Waals surface area contributed by atoms with E-state index in [0.29, 0.717) is 16.7 Å². The lowest BCUT2D eigenvalue weighted by Gasteiger charge is -1.96. The van der Waals surface area contributed by atoms with Gasteiger partial charge in [-0.3, -0.25) is 5.43 Å². The lowest BCUT2D eigenvalue weighted by atomic mass is 10.4. The molecule has 2 heterocycles. The molecule has 16 heavy (non-hydrogen) atoms. The van der Waals surface area contributed by atoms with Crippen molar-refractivity contribution < 1.29 is 4.42 Å². The molecule has 0 aliphatic heterocycles. The Hall–Kier alpha value is -1.88. The van der Waals surface area contributed by atoms with Gasteiger partial charge in [-0.1, -0.05) is 11.6 Å². The summed E-state index contributed by atoms with van der Waals surface area (Å²) in [7, 11) is 0. The number of rotatable bonds is 3. The van der Waals surface area contributed by atoms with E-state index in [2.05, 4.69) is 20.7 Å². The Morgan fingerprint density at radius 1 is 1.31 bits per heavy atom. The molecule has 0 spiro atoms. The van der Waals surface area contributed by atoms with Crippen LogP contribution in [-0.2, 0) is 0 Å². The summed E-state index contributed by atoms with van der Waals surface area (Å²) in [4.78, 5) is 0. The third-order valence-corrected chi connectivity index (χ3v) is 1.97. The summed E-state index contributed by atoms with van der Waals surface area (Å²) in [5, 5.41) is 11.7. The fourth-order valence-electron chi connectivity index (χ4n) is 1.06. The number of halogens is 1. The smallest absolute Gasteiger partial charge is 0.168 e. The van der Waals surface area contributed by atoms with Crippen LogP contribution in [-0.4, -0.2) is 16.4 Å². The molecule has 0 atom stereocenters. The molecule has 2 rings (SSSR count). The van der Waals surface area contributed by atoms with E-state index in [4.69, 9.17) is 16.0 Å². The number of hydrazone groups is 1. The number of nitrogens with zero attached hydrogens (tertiary/aromatic N) is 3. The SMILES string of the molecule is Cc1ccc(C=NNc2ccc(Cl)nn2)o1. The molecule has 0 unspecified atom stereocenters. The Labute approximate surface area is 97.1 Å². The van der Waals surface area contributed by atoms with Gasteiger partial charge >= 0.3 is 0 Å². The quantitative estimate of drug-likeness (QED) is 0.657. The molecule has 0 fully saturated rings. The van der Waals surface area contributed by atoms with Crippen LogP contribution in [0.1, 0.15) is 11.5 Å². The fourth-order valence-corrected chi connectivity index (χ4v) is 1.16. The number of nitrogens with one attached hydrogen (secondary N) is 1. The van der Waals surface area contributed by atoms with E-state index in [9.17, 15) is 0 Å². The van der Waals surface area contributed by atoms with Gasteiger partial charge in [-0.25, -0.2) is 0 Å². The van der Waals surface area contributed by atoms with Crippen LogP contribution in [0.25, 0.3) is 0 Å². The predicted octanol–water partition coefficient (Wildman–Crippen LogP) is 2.48. The van der Waals surface area contributed by atoms with Crippen molar-refractivity contribution in [3.8, 4) is 0 Å². The fraction of sp³-hybridized carbons (Fsp3) is 0.100. The van der Waals surface area contributed by atoms with Crippen molar-refractivity contribution in [2.75, 3.05) is 5.43 Å². The molecule has 1 N–H and O–H groups in total. The Morgan fingerprint density at radius 2 is 2.19 bits per heavy atom. The van der Waals surface area contributed by atoms with Gasteiger partial charge in [0.15, 0.2) is 11.0 Å². The van der Waals surface area contributed by atoms with Crippen LogP contribution in [0.15, 0.2) is 33.8 Å². The Bertz CT molecular complexity index is 492. The van der Waals surface area contributed by atoms with Crippen LogP contribution in [0, 0.1) is 6.92 Å². The molecule has 0 aliphatic carbocycles. The summed E-state index contributed by atoms with van der Waals surface area (Å²) >= 11 is 5.59. The van der Waals surface area contributed by atoms with E-state index in [-0.39, 0.29) is 0 Å². The van der Waals surface area contributed by atoms with Gasteiger partial charge in [0.25, 0.3) is 0 Å². The van der Waals surface area contributed by atoms with E-state index in [1.165, 1.54) is 0 Å². The molecule has 82 valence electrons. The first-order chi connectivity index (χ1) is 7.74. The molecule has 0 bridgehead atoms. The van der Waals surface area contributed by atoms with Gasteiger partial charge in [0.05, 0.1) is 6.21 Å². The number of furan rings is 1. The van der Waals surface area contributed by atoms with Crippen molar-refractivity contribution >= 4 is 23.6 Å². The van der Waals surface area contributed by atoms with E-state index >= 15 is 0 Å². The average molecular weight is 237 g/mol. The maximum absolute atomic E-state index is 5.59. The number of aromatic nitrogens is 2. The van der Waals surface area contributed by atoms with Gasteiger partial charge in [0.2, 0.25) is 0 Å². The van der Waals surface area contributed by atoms with Crippen molar-refractivity contribution in [1.29, 1.82) is 0 Å². The zero-order valence-electron chi connectivity index (χ0n) is 8.51. The average Bonchev–Trinajstić information content (AvgIpc) is 2.67. The third-order valence-electron chi connectivity index (χ3n) is 1.76. The Balaban J connectivity index is 1.97. The molecular weight excluding hydrogens is 228 g/mol. The maximum atomic E-state index is 5.59. The van der Waals surface area contributed by atoms with Crippen molar-refractivity contribution in [2.45, 2.75) is 6.92 Å². The minimum absolute atomic E-state index is 0.344. The van der Waals surface area contributed by atoms with Gasteiger partial charge < -0.3 is 4.42 Å². The first-order valence-corrected chi connectivity index (χ1v) is 4.96. The molecule has 0 radical (unpaired) electrons. The van der Waals surface area contributed by atoms with E-state index in [1.807, 2.05) is 19.1 Å². The van der Waals surface area contributed by atoms with Crippen LogP contribution < -0.4 is 5.43 Å². The summed E-state index contributed by atoms with van der Waals surface area (Å²) in [6.45, 7) is 1.87. The lowest BCUT2D eigenvalue weighted by Crippen LogP contribution is -1.94. The summed E-state index contributed by atoms with van der Waals surface area (Å²) in [5.74, 6) is 2.03. The van der Waals surface area contributed by atoms with E-state index in [1.54, 1.807) is 18.3 Å². The van der Waals surface area contributed by atoms with Gasteiger partial charge in [-0.15, -0.1) is 10.2 Å². The summed E-state index contributed by atoms with van der Waals surface area (Å²) in [6.07, 6.45) is 1.56. The molecule has 0 saturated heterocycles. The first kappa shape index (κ1) is 10.6. The maximum Gasteiger partial charge on any atom is 0.168 e. The Kier molecular flexibility index (Phi) is 3.16. The first-order valence-electron chi connectivity index (χ1n) is 4.59. The van der Waals surface area contributed by atoms with E-state index < -0.39 is 0 Å². The topological polar surface area (TPSA) is 63.3 Å². The second-order valence-corrected chi connectivity index (χ2v) is 3.45. The zero-order valence-corrected chi connectivity index (χ0v) is 9.27. The van der Waals surface area contributed by atoms with Crippen LogP contribution in [0.2, 0.25) is 5.15 Å².